The van der Waals surface area contributed by atoms with Crippen LogP contribution >= 0.6 is 15.9 Å². The second-order valence-corrected chi connectivity index (χ2v) is 4.86. The van der Waals surface area contributed by atoms with Crippen molar-refractivity contribution in [2.24, 2.45) is 0 Å². The number of fused-ring (bicyclic) bond motifs is 1. The van der Waals surface area contributed by atoms with Crippen LogP contribution in [-0.4, -0.2) is 22.5 Å². The molecule has 1 N–H and O–H groups in total. The number of nitrogens with zero attached hydrogens (tertiary/aromatic N) is 2. The molecule has 2 aromatic heterocycles. The van der Waals surface area contributed by atoms with Crippen LogP contribution in [0.5, 0.6) is 0 Å². The highest BCUT2D eigenvalue weighted by Crippen LogP contribution is 2.24. The molecule has 0 aliphatic carbocycles. The number of halogens is 1. The van der Waals surface area contributed by atoms with Gasteiger partial charge in [0.25, 0.3) is 0 Å². The molecule has 1 fully saturated rings. The average molecular weight is 266 g/mol. The number of imidazole rings is 1. The van der Waals surface area contributed by atoms with Gasteiger partial charge in [-0.2, -0.15) is 0 Å². The van der Waals surface area contributed by atoms with E-state index < -0.39 is 0 Å². The van der Waals surface area contributed by atoms with Crippen LogP contribution in [0.4, 0.5) is 0 Å². The summed E-state index contributed by atoms with van der Waals surface area (Å²) in [7, 11) is 0. The maximum absolute atomic E-state index is 4.43. The van der Waals surface area contributed by atoms with Gasteiger partial charge >= 0.3 is 0 Å². The number of hydrogen-bond acceptors (Lipinski definition) is 2. The molecular formula is C11H12BrN3. The number of aromatic nitrogens is 2. The van der Waals surface area contributed by atoms with Gasteiger partial charge in [-0.15, -0.1) is 0 Å². The van der Waals surface area contributed by atoms with Gasteiger partial charge in [0, 0.05) is 35.0 Å². The monoisotopic (exact) mass is 265 g/mol. The van der Waals surface area contributed by atoms with Crippen molar-refractivity contribution < 1.29 is 0 Å². The summed E-state index contributed by atoms with van der Waals surface area (Å²) in [5, 5.41) is 3.39. The van der Waals surface area contributed by atoms with E-state index in [1.54, 1.807) is 0 Å². The molecule has 78 valence electrons. The Labute approximate surface area is 96.6 Å². The van der Waals surface area contributed by atoms with Crippen LogP contribution in [0, 0.1) is 0 Å². The first-order valence-corrected chi connectivity index (χ1v) is 5.97. The second kappa shape index (κ2) is 3.61. The van der Waals surface area contributed by atoms with Gasteiger partial charge < -0.3 is 9.72 Å². The van der Waals surface area contributed by atoms with E-state index in [1.165, 1.54) is 12.1 Å². The lowest BCUT2D eigenvalue weighted by atomic mass is 10.1. The SMILES string of the molecule is Brc1ccn2c(C3CCNC3)cnc2c1. The Bertz CT molecular complexity index is 486. The normalized spacial score (nSPS) is 21.3. The first kappa shape index (κ1) is 9.36. The lowest BCUT2D eigenvalue weighted by Gasteiger charge is -2.07. The molecule has 3 heterocycles. The highest BCUT2D eigenvalue weighted by atomic mass is 79.9. The van der Waals surface area contributed by atoms with Crippen LogP contribution in [-0.2, 0) is 0 Å². The lowest BCUT2D eigenvalue weighted by molar-refractivity contribution is 0.726. The van der Waals surface area contributed by atoms with E-state index in [-0.39, 0.29) is 0 Å². The Kier molecular flexibility index (Phi) is 2.25. The Balaban J connectivity index is 2.11. The van der Waals surface area contributed by atoms with Crippen LogP contribution < -0.4 is 5.32 Å². The van der Waals surface area contributed by atoms with E-state index in [0.29, 0.717) is 5.92 Å². The highest BCUT2D eigenvalue weighted by Gasteiger charge is 2.19. The maximum Gasteiger partial charge on any atom is 0.138 e. The molecule has 15 heavy (non-hydrogen) atoms. The van der Waals surface area contributed by atoms with Crippen LogP contribution in [0.25, 0.3) is 5.65 Å². The summed E-state index contributed by atoms with van der Waals surface area (Å²) in [4.78, 5) is 4.43. The summed E-state index contributed by atoms with van der Waals surface area (Å²) in [5.74, 6) is 0.612. The first-order chi connectivity index (χ1) is 7.34. The number of nitrogens with one attached hydrogen (secondary N) is 1. The molecule has 0 spiro atoms. The molecule has 1 unspecified atom stereocenters. The van der Waals surface area contributed by atoms with Crippen molar-refractivity contribution in [3.05, 3.63) is 34.7 Å². The number of pyridine rings is 1. The quantitative estimate of drug-likeness (QED) is 0.857. The molecule has 3 rings (SSSR count). The molecule has 4 heteroatoms. The minimum atomic E-state index is 0.612. The molecule has 0 aromatic carbocycles. The Morgan fingerprint density at radius 3 is 3.27 bits per heavy atom. The van der Waals surface area contributed by atoms with Crippen LogP contribution in [0.2, 0.25) is 0 Å². The standard InChI is InChI=1S/C11H12BrN3/c12-9-2-4-15-10(7-14-11(15)5-9)8-1-3-13-6-8/h2,4-5,7-8,13H,1,3,6H2. The van der Waals surface area contributed by atoms with Crippen molar-refractivity contribution in [2.75, 3.05) is 13.1 Å². The Hall–Kier alpha value is -0.870. The van der Waals surface area contributed by atoms with E-state index in [2.05, 4.69) is 42.9 Å². The fourth-order valence-electron chi connectivity index (χ4n) is 2.18. The van der Waals surface area contributed by atoms with Crippen molar-refractivity contribution in [3.63, 3.8) is 0 Å². The van der Waals surface area contributed by atoms with Crippen molar-refractivity contribution >= 4 is 21.6 Å². The smallest absolute Gasteiger partial charge is 0.138 e. The van der Waals surface area contributed by atoms with Crippen molar-refractivity contribution in [2.45, 2.75) is 12.3 Å². The Morgan fingerprint density at radius 1 is 1.53 bits per heavy atom. The van der Waals surface area contributed by atoms with Crippen molar-refractivity contribution in [1.82, 2.24) is 14.7 Å². The molecule has 1 aliphatic rings. The minimum Gasteiger partial charge on any atom is -0.316 e. The molecular weight excluding hydrogens is 254 g/mol. The summed E-state index contributed by atoms with van der Waals surface area (Å²) >= 11 is 3.46. The third-order valence-corrected chi connectivity index (χ3v) is 3.48. The fourth-order valence-corrected chi connectivity index (χ4v) is 2.51. The number of rotatable bonds is 1. The van der Waals surface area contributed by atoms with Gasteiger partial charge in [0.2, 0.25) is 0 Å². The largest absolute Gasteiger partial charge is 0.316 e. The summed E-state index contributed by atoms with van der Waals surface area (Å²) in [6, 6.07) is 4.10. The van der Waals surface area contributed by atoms with Crippen molar-refractivity contribution in [1.29, 1.82) is 0 Å². The van der Waals surface area contributed by atoms with E-state index in [0.717, 1.165) is 23.2 Å². The van der Waals surface area contributed by atoms with Gasteiger partial charge in [-0.1, -0.05) is 15.9 Å². The zero-order chi connectivity index (χ0) is 10.3. The average Bonchev–Trinajstić information content (AvgIpc) is 2.82. The van der Waals surface area contributed by atoms with Gasteiger partial charge in [0.05, 0.1) is 0 Å². The summed E-state index contributed by atoms with van der Waals surface area (Å²) < 4.78 is 3.26. The molecule has 2 aromatic rings. The molecule has 1 saturated heterocycles. The molecule has 1 aliphatic heterocycles. The van der Waals surface area contributed by atoms with Crippen LogP contribution in [0.1, 0.15) is 18.0 Å². The number of hydrogen-bond donors (Lipinski definition) is 1. The molecule has 3 nitrogen and oxygen atoms in total. The minimum absolute atomic E-state index is 0.612. The second-order valence-electron chi connectivity index (χ2n) is 3.95. The van der Waals surface area contributed by atoms with Gasteiger partial charge in [-0.05, 0) is 25.1 Å². The van der Waals surface area contributed by atoms with Crippen LogP contribution in [0.15, 0.2) is 29.0 Å². The fraction of sp³-hybridized carbons (Fsp3) is 0.364. The van der Waals surface area contributed by atoms with E-state index >= 15 is 0 Å². The van der Waals surface area contributed by atoms with E-state index in [4.69, 9.17) is 0 Å². The van der Waals surface area contributed by atoms with Gasteiger partial charge in [-0.25, -0.2) is 4.98 Å². The van der Waals surface area contributed by atoms with Gasteiger partial charge in [0.1, 0.15) is 5.65 Å². The van der Waals surface area contributed by atoms with E-state index in [9.17, 15) is 0 Å². The molecule has 0 bridgehead atoms. The first-order valence-electron chi connectivity index (χ1n) is 5.18. The molecule has 0 amide bonds. The van der Waals surface area contributed by atoms with Crippen LogP contribution in [0.3, 0.4) is 0 Å². The zero-order valence-corrected chi connectivity index (χ0v) is 9.87. The predicted molar refractivity (Wildman–Crippen MR) is 63.1 cm³/mol. The van der Waals surface area contributed by atoms with Gasteiger partial charge in [-0.3, -0.25) is 0 Å². The van der Waals surface area contributed by atoms with Crippen molar-refractivity contribution in [3.8, 4) is 0 Å². The summed E-state index contributed by atoms with van der Waals surface area (Å²) in [5.41, 5.74) is 2.34. The topological polar surface area (TPSA) is 29.3 Å². The molecule has 0 radical (unpaired) electrons. The predicted octanol–water partition coefficient (Wildman–Crippen LogP) is 2.17. The molecule has 1 atom stereocenters. The third-order valence-electron chi connectivity index (χ3n) is 2.98. The summed E-state index contributed by atoms with van der Waals surface area (Å²) in [6.45, 7) is 2.19. The Morgan fingerprint density at radius 2 is 2.47 bits per heavy atom. The lowest BCUT2D eigenvalue weighted by Crippen LogP contribution is -2.09. The third kappa shape index (κ3) is 1.58. The summed E-state index contributed by atoms with van der Waals surface area (Å²) in [6.07, 6.45) is 5.30. The zero-order valence-electron chi connectivity index (χ0n) is 8.28. The highest BCUT2D eigenvalue weighted by molar-refractivity contribution is 9.10. The maximum atomic E-state index is 4.43. The van der Waals surface area contributed by atoms with Gasteiger partial charge in [0.15, 0.2) is 0 Å². The van der Waals surface area contributed by atoms with E-state index in [1.807, 2.05) is 12.3 Å². The molecule has 0 saturated carbocycles.